The summed E-state index contributed by atoms with van der Waals surface area (Å²) in [7, 11) is 0. The van der Waals surface area contributed by atoms with E-state index < -0.39 is 6.10 Å². The highest BCUT2D eigenvalue weighted by atomic mass is 16.6. The first-order chi connectivity index (χ1) is 32.0. The van der Waals surface area contributed by atoms with Crippen molar-refractivity contribution < 1.29 is 28.6 Å². The molecule has 65 heavy (non-hydrogen) atoms. The van der Waals surface area contributed by atoms with Crippen LogP contribution in [0.5, 0.6) is 0 Å². The van der Waals surface area contributed by atoms with Gasteiger partial charge in [0.1, 0.15) is 13.2 Å². The number of rotatable bonds is 47. The molecule has 6 nitrogen and oxygen atoms in total. The molecule has 0 aromatic rings. The summed E-state index contributed by atoms with van der Waals surface area (Å²) in [6.45, 7) is 6.42. The van der Waals surface area contributed by atoms with Gasteiger partial charge in [-0.2, -0.15) is 0 Å². The standard InChI is InChI=1S/C59H98O6/c1-4-7-10-13-16-19-22-25-28-29-32-34-37-40-43-46-49-52-58(61)64-55-56(65-59(62)53-50-47-44-41-38-35-31-27-24-21-18-15-12-9-6-3)54-63-57(60)51-48-45-42-39-36-33-30-26-23-20-17-14-11-8-5-2/h8,11,16-17,19-21,24-26,28,30,32,34,40,43,56H,4-7,9-10,12-15,18,22-23,27,29,31,33,35-39,41-42,44-55H2,1-3H3/b11-8-,19-16-,20-17-,24-21-,28-25-,30-26-,34-32-,43-40-/t56-/m1/s1. The summed E-state index contributed by atoms with van der Waals surface area (Å²) in [5, 5.41) is 0. The van der Waals surface area contributed by atoms with Gasteiger partial charge in [-0.15, -0.1) is 0 Å². The van der Waals surface area contributed by atoms with Crippen LogP contribution in [0.4, 0.5) is 0 Å². The van der Waals surface area contributed by atoms with E-state index in [1.54, 1.807) is 0 Å². The first-order valence-electron chi connectivity index (χ1n) is 26.7. The Morgan fingerprint density at radius 1 is 0.323 bits per heavy atom. The highest BCUT2D eigenvalue weighted by Crippen LogP contribution is 2.13. The van der Waals surface area contributed by atoms with Crippen molar-refractivity contribution >= 4 is 17.9 Å². The molecule has 0 aromatic heterocycles. The molecule has 0 rings (SSSR count). The summed E-state index contributed by atoms with van der Waals surface area (Å²) < 4.78 is 16.8. The minimum Gasteiger partial charge on any atom is -0.462 e. The van der Waals surface area contributed by atoms with Gasteiger partial charge in [-0.1, -0.05) is 201 Å². The molecule has 370 valence electrons. The number of esters is 3. The third-order valence-electron chi connectivity index (χ3n) is 11.0. The maximum absolute atomic E-state index is 12.8. The molecular formula is C59H98O6. The quantitative estimate of drug-likeness (QED) is 0.0262. The molecule has 0 heterocycles. The molecule has 0 aliphatic carbocycles. The largest absolute Gasteiger partial charge is 0.462 e. The topological polar surface area (TPSA) is 78.9 Å². The number of allylic oxidation sites excluding steroid dienone is 16. The lowest BCUT2D eigenvalue weighted by Crippen LogP contribution is -2.30. The van der Waals surface area contributed by atoms with Crippen LogP contribution in [-0.2, 0) is 28.6 Å². The third-order valence-corrected chi connectivity index (χ3v) is 11.0. The first kappa shape index (κ1) is 61.3. The van der Waals surface area contributed by atoms with Crippen LogP contribution < -0.4 is 0 Å². The number of unbranched alkanes of at least 4 members (excludes halogenated alkanes) is 20. The Balaban J connectivity index is 4.51. The van der Waals surface area contributed by atoms with E-state index >= 15 is 0 Å². The molecule has 0 bridgehead atoms. The van der Waals surface area contributed by atoms with Gasteiger partial charge in [0.15, 0.2) is 6.10 Å². The molecule has 0 spiro atoms. The van der Waals surface area contributed by atoms with Crippen LogP contribution in [0.3, 0.4) is 0 Å². The van der Waals surface area contributed by atoms with Gasteiger partial charge in [0.05, 0.1) is 0 Å². The Bertz CT molecular complexity index is 1310. The highest BCUT2D eigenvalue weighted by Gasteiger charge is 2.19. The van der Waals surface area contributed by atoms with Crippen molar-refractivity contribution in [3.8, 4) is 0 Å². The van der Waals surface area contributed by atoms with E-state index in [1.165, 1.54) is 89.9 Å². The molecule has 0 aromatic carbocycles. The fraction of sp³-hybridized carbons (Fsp3) is 0.678. The minimum atomic E-state index is -0.809. The van der Waals surface area contributed by atoms with Crippen molar-refractivity contribution in [3.63, 3.8) is 0 Å². The van der Waals surface area contributed by atoms with Gasteiger partial charge in [0.2, 0.25) is 0 Å². The van der Waals surface area contributed by atoms with Crippen LogP contribution in [0.1, 0.15) is 239 Å². The van der Waals surface area contributed by atoms with Gasteiger partial charge in [0, 0.05) is 19.3 Å². The number of carbonyl (C=O) groups excluding carboxylic acids is 3. The summed E-state index contributed by atoms with van der Waals surface area (Å²) >= 11 is 0. The Kier molecular flexibility index (Phi) is 50.0. The molecule has 0 radical (unpaired) electrons. The predicted molar refractivity (Wildman–Crippen MR) is 279 cm³/mol. The predicted octanol–water partition coefficient (Wildman–Crippen LogP) is 17.8. The molecule has 0 N–H and O–H groups in total. The van der Waals surface area contributed by atoms with E-state index in [9.17, 15) is 14.4 Å². The molecule has 0 amide bonds. The second-order valence-corrected chi connectivity index (χ2v) is 17.4. The zero-order valence-electron chi connectivity index (χ0n) is 42.2. The van der Waals surface area contributed by atoms with Crippen molar-refractivity contribution in [2.75, 3.05) is 13.2 Å². The number of hydrogen-bond donors (Lipinski definition) is 0. The number of ether oxygens (including phenoxy) is 3. The first-order valence-corrected chi connectivity index (χ1v) is 26.7. The van der Waals surface area contributed by atoms with Crippen molar-refractivity contribution in [1.29, 1.82) is 0 Å². The van der Waals surface area contributed by atoms with E-state index in [0.29, 0.717) is 19.3 Å². The average molecular weight is 903 g/mol. The summed E-state index contributed by atoms with van der Waals surface area (Å²) in [4.78, 5) is 38.0. The van der Waals surface area contributed by atoms with Crippen LogP contribution in [0.25, 0.3) is 0 Å². The van der Waals surface area contributed by atoms with E-state index in [1.807, 2.05) is 0 Å². The monoisotopic (exact) mass is 903 g/mol. The Hall–Kier alpha value is -3.67. The lowest BCUT2D eigenvalue weighted by molar-refractivity contribution is -0.167. The van der Waals surface area contributed by atoms with E-state index in [-0.39, 0.29) is 37.5 Å². The van der Waals surface area contributed by atoms with Gasteiger partial charge in [0.25, 0.3) is 0 Å². The van der Waals surface area contributed by atoms with Crippen LogP contribution >= 0.6 is 0 Å². The number of hydrogen-bond acceptors (Lipinski definition) is 6. The average Bonchev–Trinajstić information content (AvgIpc) is 3.30. The summed E-state index contributed by atoms with van der Waals surface area (Å²) in [5.41, 5.74) is 0. The summed E-state index contributed by atoms with van der Waals surface area (Å²) in [6.07, 6.45) is 69.6. The van der Waals surface area contributed by atoms with Crippen molar-refractivity contribution in [2.45, 2.75) is 245 Å². The molecule has 0 unspecified atom stereocenters. The smallest absolute Gasteiger partial charge is 0.306 e. The molecular weight excluding hydrogens is 805 g/mol. The van der Waals surface area contributed by atoms with Crippen molar-refractivity contribution in [3.05, 3.63) is 97.2 Å². The fourth-order valence-corrected chi connectivity index (χ4v) is 7.03. The van der Waals surface area contributed by atoms with Crippen LogP contribution in [0.15, 0.2) is 97.2 Å². The molecule has 6 heteroatoms. The van der Waals surface area contributed by atoms with Gasteiger partial charge in [-0.05, 0) is 116 Å². The number of carbonyl (C=O) groups is 3. The molecule has 1 atom stereocenters. The Morgan fingerprint density at radius 3 is 1.05 bits per heavy atom. The summed E-state index contributed by atoms with van der Waals surface area (Å²) in [5.74, 6) is -0.985. The van der Waals surface area contributed by atoms with Crippen molar-refractivity contribution in [1.82, 2.24) is 0 Å². The highest BCUT2D eigenvalue weighted by molar-refractivity contribution is 5.71. The van der Waals surface area contributed by atoms with Gasteiger partial charge in [-0.25, -0.2) is 0 Å². The van der Waals surface area contributed by atoms with E-state index in [2.05, 4.69) is 118 Å². The second kappa shape index (κ2) is 52.9. The third kappa shape index (κ3) is 51.2. The Morgan fingerprint density at radius 2 is 0.615 bits per heavy atom. The molecule has 0 aliphatic heterocycles. The van der Waals surface area contributed by atoms with Crippen LogP contribution in [0, 0.1) is 0 Å². The second-order valence-electron chi connectivity index (χ2n) is 17.4. The minimum absolute atomic E-state index is 0.106. The van der Waals surface area contributed by atoms with Gasteiger partial charge >= 0.3 is 17.9 Å². The lowest BCUT2D eigenvalue weighted by Gasteiger charge is -2.18. The van der Waals surface area contributed by atoms with Crippen LogP contribution in [-0.4, -0.2) is 37.2 Å². The van der Waals surface area contributed by atoms with E-state index in [0.717, 1.165) is 103 Å². The van der Waals surface area contributed by atoms with Gasteiger partial charge in [-0.3, -0.25) is 14.4 Å². The van der Waals surface area contributed by atoms with Gasteiger partial charge < -0.3 is 14.2 Å². The Labute approximate surface area is 400 Å². The van der Waals surface area contributed by atoms with Crippen LogP contribution in [0.2, 0.25) is 0 Å². The normalized spacial score (nSPS) is 12.8. The zero-order valence-corrected chi connectivity index (χ0v) is 42.2. The molecule has 0 aliphatic rings. The van der Waals surface area contributed by atoms with E-state index in [4.69, 9.17) is 14.2 Å². The van der Waals surface area contributed by atoms with Crippen molar-refractivity contribution in [2.24, 2.45) is 0 Å². The molecule has 0 saturated carbocycles. The fourth-order valence-electron chi connectivity index (χ4n) is 7.03. The molecule has 0 fully saturated rings. The zero-order chi connectivity index (χ0) is 47.2. The maximum Gasteiger partial charge on any atom is 0.306 e. The lowest BCUT2D eigenvalue weighted by atomic mass is 10.1. The molecule has 0 saturated heterocycles. The SMILES string of the molecule is CC/C=C\C/C=C\C/C=C\CCCCCCCC(=O)OC[C@H](COC(=O)CCC/C=C\C/C=C\C/C=C\C/C=C\CCCCC)OC(=O)CCCCCCCCC/C=C\CCCCCC. The maximum atomic E-state index is 12.8. The summed E-state index contributed by atoms with van der Waals surface area (Å²) in [6, 6.07) is 0.